The summed E-state index contributed by atoms with van der Waals surface area (Å²) < 4.78 is 6.27. The minimum Gasteiger partial charge on any atom is -0.456 e. The number of rotatable bonds is 3. The molecule has 26 heavy (non-hydrogen) atoms. The predicted octanol–water partition coefficient (Wildman–Crippen LogP) is 4.62. The zero-order chi connectivity index (χ0) is 18.1. The molecular formula is C23H20O3. The molecule has 0 radical (unpaired) electrons. The molecule has 3 aliphatic rings. The van der Waals surface area contributed by atoms with Gasteiger partial charge in [-0.3, -0.25) is 4.79 Å². The maximum Gasteiger partial charge on any atom is 0.144 e. The normalized spacial score (nSPS) is 26.4. The zero-order valence-electron chi connectivity index (χ0n) is 14.7. The van der Waals surface area contributed by atoms with Crippen LogP contribution in [0.5, 0.6) is 5.75 Å². The van der Waals surface area contributed by atoms with Crippen LogP contribution in [0, 0.1) is 11.3 Å². The van der Waals surface area contributed by atoms with E-state index >= 15 is 0 Å². The van der Waals surface area contributed by atoms with Crippen LogP contribution in [0.25, 0.3) is 5.76 Å². The third-order valence-electron chi connectivity index (χ3n) is 5.62. The van der Waals surface area contributed by atoms with Crippen LogP contribution in [0.4, 0.5) is 0 Å². The number of hydrogen-bond donors (Lipinski definition) is 0. The molecule has 0 aromatic heterocycles. The summed E-state index contributed by atoms with van der Waals surface area (Å²) in [5.41, 5.74) is 1.48. The first-order valence-corrected chi connectivity index (χ1v) is 8.95. The molecule has 5 rings (SSSR count). The lowest BCUT2D eigenvalue weighted by atomic mass is 9.56. The Bertz CT molecular complexity index is 920. The highest BCUT2D eigenvalue weighted by Gasteiger charge is 2.52. The Balaban J connectivity index is 1.92. The van der Waals surface area contributed by atoms with E-state index in [1.807, 2.05) is 67.6 Å². The van der Waals surface area contributed by atoms with E-state index in [9.17, 15) is 9.59 Å². The molecule has 0 saturated heterocycles. The minimum atomic E-state index is -0.744. The molecule has 0 spiro atoms. The Labute approximate surface area is 153 Å². The summed E-state index contributed by atoms with van der Waals surface area (Å²) in [5, 5.41) is 0. The third-order valence-corrected chi connectivity index (χ3v) is 5.62. The lowest BCUT2D eigenvalue weighted by Gasteiger charge is -2.45. The number of ether oxygens (including phenoxy) is 1. The van der Waals surface area contributed by atoms with Gasteiger partial charge in [0.15, 0.2) is 0 Å². The Morgan fingerprint density at radius 2 is 1.73 bits per heavy atom. The van der Waals surface area contributed by atoms with Gasteiger partial charge in [0.05, 0.1) is 11.0 Å². The molecule has 2 aromatic rings. The first-order chi connectivity index (χ1) is 12.6. The van der Waals surface area contributed by atoms with Gasteiger partial charge in [-0.1, -0.05) is 48.5 Å². The molecule has 2 bridgehead atoms. The molecular weight excluding hydrogens is 324 g/mol. The molecule has 3 nitrogen and oxygen atoms in total. The number of para-hydroxylation sites is 1. The minimum absolute atomic E-state index is 0.0136. The van der Waals surface area contributed by atoms with Crippen molar-refractivity contribution in [2.24, 2.45) is 11.3 Å². The smallest absolute Gasteiger partial charge is 0.144 e. The van der Waals surface area contributed by atoms with Crippen LogP contribution < -0.4 is 4.74 Å². The lowest BCUT2D eigenvalue weighted by molar-refractivity contribution is -0.130. The maximum atomic E-state index is 12.5. The van der Waals surface area contributed by atoms with Gasteiger partial charge in [-0.05, 0) is 37.8 Å². The summed E-state index contributed by atoms with van der Waals surface area (Å²) in [6, 6.07) is 19.3. The van der Waals surface area contributed by atoms with Crippen molar-refractivity contribution in [3.05, 3.63) is 77.4 Å². The van der Waals surface area contributed by atoms with E-state index < -0.39 is 5.41 Å². The molecule has 3 aliphatic carbocycles. The number of ketones is 1. The second kappa shape index (κ2) is 6.44. The second-order valence-electron chi connectivity index (χ2n) is 7.20. The van der Waals surface area contributed by atoms with E-state index in [1.54, 1.807) is 0 Å². The molecule has 2 atom stereocenters. The van der Waals surface area contributed by atoms with Crippen LogP contribution in [-0.4, -0.2) is 11.7 Å². The van der Waals surface area contributed by atoms with Crippen LogP contribution in [-0.2, 0) is 9.59 Å². The van der Waals surface area contributed by atoms with Gasteiger partial charge in [-0.2, -0.15) is 0 Å². The zero-order valence-corrected chi connectivity index (χ0v) is 14.7. The van der Waals surface area contributed by atoms with Gasteiger partial charge in [0.25, 0.3) is 0 Å². The summed E-state index contributed by atoms with van der Waals surface area (Å²) in [4.78, 5) is 24.4. The number of hydrogen-bond acceptors (Lipinski definition) is 3. The van der Waals surface area contributed by atoms with Crippen molar-refractivity contribution in [2.45, 2.75) is 26.2 Å². The molecule has 130 valence electrons. The fourth-order valence-corrected chi connectivity index (χ4v) is 4.10. The fraction of sp³-hybridized carbons (Fsp3) is 0.261. The molecule has 0 heterocycles. The van der Waals surface area contributed by atoms with Crippen molar-refractivity contribution < 1.29 is 14.3 Å². The van der Waals surface area contributed by atoms with Crippen molar-refractivity contribution in [1.82, 2.24) is 0 Å². The number of allylic oxidation sites excluding steroid dienone is 2. The fourth-order valence-electron chi connectivity index (χ4n) is 4.10. The number of Topliss-reactive ketones (excluding diaryl/α,β-unsaturated/α-hetero) is 1. The topological polar surface area (TPSA) is 43.4 Å². The predicted molar refractivity (Wildman–Crippen MR) is 100 cm³/mol. The molecule has 0 aliphatic heterocycles. The van der Waals surface area contributed by atoms with Crippen molar-refractivity contribution in [3.8, 4) is 5.75 Å². The average Bonchev–Trinajstić information content (AvgIpc) is 2.68. The summed E-state index contributed by atoms with van der Waals surface area (Å²) in [7, 11) is 0. The number of fused-ring (bicyclic) bond motifs is 3. The van der Waals surface area contributed by atoms with Gasteiger partial charge in [0.1, 0.15) is 23.2 Å². The number of carbonyl (C=O) groups excluding carboxylic acids is 2. The molecule has 0 unspecified atom stereocenters. The van der Waals surface area contributed by atoms with Gasteiger partial charge in [0, 0.05) is 17.6 Å². The second-order valence-corrected chi connectivity index (χ2v) is 7.20. The molecule has 3 heteroatoms. The van der Waals surface area contributed by atoms with Crippen molar-refractivity contribution in [1.29, 1.82) is 0 Å². The van der Waals surface area contributed by atoms with Gasteiger partial charge < -0.3 is 4.74 Å². The highest BCUT2D eigenvalue weighted by Crippen LogP contribution is 2.55. The van der Waals surface area contributed by atoms with E-state index in [1.165, 1.54) is 0 Å². The SMILES string of the molecule is C[C@]12CC[C@H](CC1=O)/C(=C(\Oc1ccccc1)c1ccccc1)C2=C=O. The number of carbonyl (C=O) groups is 1. The Morgan fingerprint density at radius 3 is 2.35 bits per heavy atom. The van der Waals surface area contributed by atoms with E-state index in [4.69, 9.17) is 4.74 Å². The van der Waals surface area contributed by atoms with Crippen LogP contribution in [0.2, 0.25) is 0 Å². The van der Waals surface area contributed by atoms with Gasteiger partial charge in [0.2, 0.25) is 0 Å². The summed E-state index contributed by atoms with van der Waals surface area (Å²) in [5.74, 6) is 3.63. The van der Waals surface area contributed by atoms with Crippen molar-refractivity contribution >= 4 is 17.5 Å². The Morgan fingerprint density at radius 1 is 1.08 bits per heavy atom. The van der Waals surface area contributed by atoms with Gasteiger partial charge in [-0.15, -0.1) is 0 Å². The third kappa shape index (κ3) is 2.61. The quantitative estimate of drug-likeness (QED) is 0.602. The monoisotopic (exact) mass is 344 g/mol. The molecule has 0 amide bonds. The maximum absolute atomic E-state index is 12.5. The lowest BCUT2D eigenvalue weighted by Crippen LogP contribution is -2.44. The standard InChI is InChI=1S/C23H20O3/c1-23-13-12-17(14-20(23)25)21(19(23)15-24)22(16-8-4-2-5-9-16)26-18-10-6-3-7-11-18/h2-11,17H,12-14H2,1H3/b22-21+/t17-,23-/m1/s1. The van der Waals surface area contributed by atoms with Crippen molar-refractivity contribution in [2.75, 3.05) is 0 Å². The van der Waals surface area contributed by atoms with Crippen LogP contribution >= 0.6 is 0 Å². The van der Waals surface area contributed by atoms with Crippen LogP contribution in [0.3, 0.4) is 0 Å². The molecule has 2 aromatic carbocycles. The first kappa shape index (κ1) is 16.6. The highest BCUT2D eigenvalue weighted by atomic mass is 16.5. The largest absolute Gasteiger partial charge is 0.456 e. The van der Waals surface area contributed by atoms with E-state index in [-0.39, 0.29) is 11.7 Å². The highest BCUT2D eigenvalue weighted by molar-refractivity contribution is 5.97. The molecule has 3 fully saturated rings. The molecule has 3 saturated carbocycles. The van der Waals surface area contributed by atoms with E-state index in [0.717, 1.165) is 17.6 Å². The Kier molecular flexibility index (Phi) is 4.10. The van der Waals surface area contributed by atoms with Gasteiger partial charge in [-0.25, -0.2) is 4.79 Å². The summed E-state index contributed by atoms with van der Waals surface area (Å²) in [6.45, 7) is 1.87. The van der Waals surface area contributed by atoms with Crippen LogP contribution in [0.1, 0.15) is 31.7 Å². The Hall–Kier alpha value is -2.90. The average molecular weight is 344 g/mol. The summed E-state index contributed by atoms with van der Waals surface area (Å²) in [6.07, 6.45) is 2.06. The first-order valence-electron chi connectivity index (χ1n) is 8.95. The molecule has 0 N–H and O–H groups in total. The van der Waals surface area contributed by atoms with E-state index in [2.05, 4.69) is 5.94 Å². The summed E-state index contributed by atoms with van der Waals surface area (Å²) >= 11 is 0. The number of benzene rings is 2. The van der Waals surface area contributed by atoms with Crippen LogP contribution in [0.15, 0.2) is 71.8 Å². The van der Waals surface area contributed by atoms with Crippen molar-refractivity contribution in [3.63, 3.8) is 0 Å². The van der Waals surface area contributed by atoms with Gasteiger partial charge >= 0.3 is 0 Å². The van der Waals surface area contributed by atoms with E-state index in [0.29, 0.717) is 29.9 Å².